The van der Waals surface area contributed by atoms with Gasteiger partial charge in [0.2, 0.25) is 0 Å². The minimum atomic E-state index is -0.510. The fourth-order valence-electron chi connectivity index (χ4n) is 2.14. The number of rotatable bonds is 9. The third-order valence-corrected chi connectivity index (χ3v) is 3.38. The van der Waals surface area contributed by atoms with Gasteiger partial charge in [0.05, 0.1) is 4.92 Å². The maximum Gasteiger partial charge on any atom is 0.310 e. The van der Waals surface area contributed by atoms with Crippen LogP contribution in [0.1, 0.15) is 22.7 Å². The van der Waals surface area contributed by atoms with E-state index in [-0.39, 0.29) is 29.7 Å². The van der Waals surface area contributed by atoms with E-state index in [2.05, 4.69) is 5.32 Å². The van der Waals surface area contributed by atoms with E-state index < -0.39 is 4.92 Å². The highest BCUT2D eigenvalue weighted by molar-refractivity contribution is 5.91. The Morgan fingerprint density at radius 2 is 2.04 bits per heavy atom. The summed E-state index contributed by atoms with van der Waals surface area (Å²) in [6.07, 6.45) is 0.840. The number of furan rings is 1. The SMILES string of the molecule is CN(C)CCCNC(=O)c1ccc(COc2ccccc2[N+](=O)[O-])o1. The zero-order chi connectivity index (χ0) is 18.2. The van der Waals surface area contributed by atoms with Crippen LogP contribution in [0.5, 0.6) is 5.75 Å². The maximum absolute atomic E-state index is 12.0. The first-order valence-electron chi connectivity index (χ1n) is 7.85. The van der Waals surface area contributed by atoms with Gasteiger partial charge in [-0.1, -0.05) is 12.1 Å². The van der Waals surface area contributed by atoms with Crippen LogP contribution in [0.25, 0.3) is 0 Å². The molecule has 0 aliphatic carbocycles. The molecule has 0 spiro atoms. The lowest BCUT2D eigenvalue weighted by atomic mass is 10.3. The van der Waals surface area contributed by atoms with Crippen LogP contribution in [0.4, 0.5) is 5.69 Å². The predicted octanol–water partition coefficient (Wildman–Crippen LogP) is 2.45. The van der Waals surface area contributed by atoms with Crippen LogP contribution in [0.15, 0.2) is 40.8 Å². The highest BCUT2D eigenvalue weighted by Crippen LogP contribution is 2.26. The third-order valence-electron chi connectivity index (χ3n) is 3.38. The van der Waals surface area contributed by atoms with Gasteiger partial charge in [-0.05, 0) is 45.3 Å². The van der Waals surface area contributed by atoms with Crippen LogP contribution in [0.2, 0.25) is 0 Å². The predicted molar refractivity (Wildman–Crippen MR) is 91.6 cm³/mol. The number of nitrogens with zero attached hydrogens (tertiary/aromatic N) is 2. The van der Waals surface area contributed by atoms with Crippen LogP contribution < -0.4 is 10.1 Å². The molecule has 0 saturated carbocycles. The molecule has 8 nitrogen and oxygen atoms in total. The number of nitro benzene ring substituents is 1. The van der Waals surface area contributed by atoms with Crippen LogP contribution in [-0.2, 0) is 6.61 Å². The zero-order valence-electron chi connectivity index (χ0n) is 14.2. The molecule has 8 heteroatoms. The summed E-state index contributed by atoms with van der Waals surface area (Å²) in [5.41, 5.74) is -0.118. The minimum absolute atomic E-state index is 0.00123. The van der Waals surface area contributed by atoms with E-state index in [1.807, 2.05) is 19.0 Å². The number of para-hydroxylation sites is 2. The summed E-state index contributed by atoms with van der Waals surface area (Å²) in [4.78, 5) is 24.4. The van der Waals surface area contributed by atoms with Gasteiger partial charge in [0, 0.05) is 12.6 Å². The van der Waals surface area contributed by atoms with Gasteiger partial charge in [-0.3, -0.25) is 14.9 Å². The van der Waals surface area contributed by atoms with Gasteiger partial charge >= 0.3 is 5.69 Å². The van der Waals surface area contributed by atoms with Crippen molar-refractivity contribution in [3.63, 3.8) is 0 Å². The molecule has 1 aromatic heterocycles. The fourth-order valence-corrected chi connectivity index (χ4v) is 2.14. The van der Waals surface area contributed by atoms with Gasteiger partial charge in [-0.15, -0.1) is 0 Å². The van der Waals surface area contributed by atoms with E-state index in [4.69, 9.17) is 9.15 Å². The van der Waals surface area contributed by atoms with Crippen molar-refractivity contribution in [2.45, 2.75) is 13.0 Å². The Morgan fingerprint density at radius 1 is 1.28 bits per heavy atom. The zero-order valence-corrected chi connectivity index (χ0v) is 14.2. The lowest BCUT2D eigenvalue weighted by molar-refractivity contribution is -0.386. The van der Waals surface area contributed by atoms with E-state index >= 15 is 0 Å². The average molecular weight is 347 g/mol. The van der Waals surface area contributed by atoms with E-state index in [9.17, 15) is 14.9 Å². The van der Waals surface area contributed by atoms with E-state index in [1.165, 1.54) is 12.1 Å². The van der Waals surface area contributed by atoms with Crippen molar-refractivity contribution in [1.82, 2.24) is 10.2 Å². The number of nitrogens with one attached hydrogen (secondary N) is 1. The molecular weight excluding hydrogens is 326 g/mol. The number of hydrogen-bond acceptors (Lipinski definition) is 6. The summed E-state index contributed by atoms with van der Waals surface area (Å²) in [5.74, 6) is 0.455. The molecule has 0 aliphatic heterocycles. The second kappa shape index (κ2) is 8.84. The largest absolute Gasteiger partial charge is 0.479 e. The van der Waals surface area contributed by atoms with Gasteiger partial charge in [0.1, 0.15) is 12.4 Å². The number of benzene rings is 1. The smallest absolute Gasteiger partial charge is 0.310 e. The number of hydrogen-bond donors (Lipinski definition) is 1. The third kappa shape index (κ3) is 5.61. The molecule has 1 aromatic carbocycles. The van der Waals surface area contributed by atoms with Crippen molar-refractivity contribution in [2.75, 3.05) is 27.2 Å². The highest BCUT2D eigenvalue weighted by atomic mass is 16.6. The summed E-state index contributed by atoms with van der Waals surface area (Å²) in [6, 6.07) is 9.26. The van der Waals surface area contributed by atoms with Crippen LogP contribution in [0, 0.1) is 10.1 Å². The number of amides is 1. The van der Waals surface area contributed by atoms with Crippen molar-refractivity contribution in [2.24, 2.45) is 0 Å². The lowest BCUT2D eigenvalue weighted by Gasteiger charge is -2.09. The molecule has 0 aliphatic rings. The Kier molecular flexibility index (Phi) is 6.53. The molecule has 0 radical (unpaired) electrons. The molecule has 25 heavy (non-hydrogen) atoms. The Bertz CT molecular complexity index is 727. The summed E-state index contributed by atoms with van der Waals surface area (Å²) in [5, 5.41) is 13.7. The fraction of sp³-hybridized carbons (Fsp3) is 0.353. The second-order valence-corrected chi connectivity index (χ2v) is 5.69. The average Bonchev–Trinajstić information content (AvgIpc) is 3.05. The molecule has 134 valence electrons. The molecule has 0 atom stereocenters. The van der Waals surface area contributed by atoms with Crippen molar-refractivity contribution >= 4 is 11.6 Å². The summed E-state index contributed by atoms with van der Waals surface area (Å²) in [6.45, 7) is 1.44. The molecule has 1 heterocycles. The van der Waals surface area contributed by atoms with Crippen molar-refractivity contribution in [1.29, 1.82) is 0 Å². The second-order valence-electron chi connectivity index (χ2n) is 5.69. The molecule has 1 N–H and O–H groups in total. The Hall–Kier alpha value is -2.87. The topological polar surface area (TPSA) is 97.9 Å². The van der Waals surface area contributed by atoms with Crippen molar-refractivity contribution in [3.8, 4) is 5.75 Å². The van der Waals surface area contributed by atoms with Crippen molar-refractivity contribution < 1.29 is 18.9 Å². The summed E-state index contributed by atoms with van der Waals surface area (Å²) >= 11 is 0. The van der Waals surface area contributed by atoms with E-state index in [0.29, 0.717) is 12.3 Å². The maximum atomic E-state index is 12.0. The Balaban J connectivity index is 1.87. The first kappa shape index (κ1) is 18.5. The number of carbonyl (C=O) groups is 1. The van der Waals surface area contributed by atoms with Crippen molar-refractivity contribution in [3.05, 3.63) is 58.0 Å². The van der Waals surface area contributed by atoms with Crippen LogP contribution in [0.3, 0.4) is 0 Å². The summed E-state index contributed by atoms with van der Waals surface area (Å²) < 4.78 is 10.9. The number of carbonyl (C=O) groups excluding carboxylic acids is 1. The molecule has 2 aromatic rings. The molecule has 0 bridgehead atoms. The van der Waals surface area contributed by atoms with Gasteiger partial charge in [0.15, 0.2) is 11.5 Å². The molecule has 0 saturated heterocycles. The van der Waals surface area contributed by atoms with Gasteiger partial charge < -0.3 is 19.4 Å². The Morgan fingerprint density at radius 3 is 2.76 bits per heavy atom. The van der Waals surface area contributed by atoms with E-state index in [0.717, 1.165) is 13.0 Å². The highest BCUT2D eigenvalue weighted by Gasteiger charge is 2.15. The molecule has 2 rings (SSSR count). The molecule has 0 unspecified atom stereocenters. The van der Waals surface area contributed by atoms with Gasteiger partial charge in [0.25, 0.3) is 5.91 Å². The standard InChI is InChI=1S/C17H21N3O5/c1-19(2)11-5-10-18-17(21)16-9-8-13(25-16)12-24-15-7-4-3-6-14(15)20(22)23/h3-4,6-9H,5,10-12H2,1-2H3,(H,18,21). The molecule has 1 amide bonds. The lowest BCUT2D eigenvalue weighted by Crippen LogP contribution is -2.26. The minimum Gasteiger partial charge on any atom is -0.479 e. The molecule has 0 fully saturated rings. The Labute approximate surface area is 145 Å². The summed E-state index contributed by atoms with van der Waals surface area (Å²) in [7, 11) is 3.94. The van der Waals surface area contributed by atoms with Gasteiger partial charge in [-0.2, -0.15) is 0 Å². The first-order chi connectivity index (χ1) is 12.0. The van der Waals surface area contributed by atoms with Gasteiger partial charge in [-0.25, -0.2) is 0 Å². The molecular formula is C17H21N3O5. The van der Waals surface area contributed by atoms with Crippen LogP contribution >= 0.6 is 0 Å². The quantitative estimate of drug-likeness (QED) is 0.425. The number of ether oxygens (including phenoxy) is 1. The first-order valence-corrected chi connectivity index (χ1v) is 7.85. The van der Waals surface area contributed by atoms with E-state index in [1.54, 1.807) is 24.3 Å². The monoisotopic (exact) mass is 347 g/mol. The normalized spacial score (nSPS) is 10.7. The van der Waals surface area contributed by atoms with Crippen LogP contribution in [-0.4, -0.2) is 42.9 Å². The number of nitro groups is 1.